The zero-order chi connectivity index (χ0) is 18.9. The van der Waals surface area contributed by atoms with Crippen LogP contribution in [0.15, 0.2) is 36.7 Å². The van der Waals surface area contributed by atoms with Crippen LogP contribution < -0.4 is 5.73 Å². The molecule has 0 spiro atoms. The van der Waals surface area contributed by atoms with Crippen molar-refractivity contribution in [3.05, 3.63) is 53.6 Å². The number of hydrogen-bond acceptors (Lipinski definition) is 3. The SMILES string of the molecule is Cc1cc(-c2cnc3[nH]cc(/C=C/C(N)=O)c3c2)cc(CC(C)(C)C)n1. The number of nitrogens with one attached hydrogen (secondary N) is 1. The number of nitrogens with zero attached hydrogens (tertiary/aromatic N) is 2. The van der Waals surface area contributed by atoms with Crippen LogP contribution in [0.2, 0.25) is 0 Å². The highest BCUT2D eigenvalue weighted by Gasteiger charge is 2.14. The fourth-order valence-corrected chi connectivity index (χ4v) is 3.03. The Morgan fingerprint density at radius 2 is 2.00 bits per heavy atom. The summed E-state index contributed by atoms with van der Waals surface area (Å²) in [6.07, 6.45) is 7.65. The first-order valence-electron chi connectivity index (χ1n) is 8.64. The fraction of sp³-hybridized carbons (Fsp3) is 0.286. The predicted molar refractivity (Wildman–Crippen MR) is 105 cm³/mol. The van der Waals surface area contributed by atoms with Crippen LogP contribution in [0.3, 0.4) is 0 Å². The minimum Gasteiger partial charge on any atom is -0.366 e. The maximum absolute atomic E-state index is 11.0. The van der Waals surface area contributed by atoms with Gasteiger partial charge < -0.3 is 10.7 Å². The monoisotopic (exact) mass is 348 g/mol. The molecule has 0 saturated heterocycles. The number of pyridine rings is 2. The van der Waals surface area contributed by atoms with E-state index in [-0.39, 0.29) is 5.41 Å². The quantitative estimate of drug-likeness (QED) is 0.698. The molecular formula is C21H24N4O. The van der Waals surface area contributed by atoms with Crippen molar-refractivity contribution in [2.45, 2.75) is 34.1 Å². The number of aromatic amines is 1. The topological polar surface area (TPSA) is 84.7 Å². The summed E-state index contributed by atoms with van der Waals surface area (Å²) in [7, 11) is 0. The third kappa shape index (κ3) is 4.17. The largest absolute Gasteiger partial charge is 0.366 e. The molecule has 1 amide bonds. The van der Waals surface area contributed by atoms with Gasteiger partial charge in [0.15, 0.2) is 0 Å². The molecular weight excluding hydrogens is 324 g/mol. The van der Waals surface area contributed by atoms with Gasteiger partial charge in [-0.3, -0.25) is 9.78 Å². The lowest BCUT2D eigenvalue weighted by molar-refractivity contribution is -0.113. The molecule has 0 saturated carbocycles. The van der Waals surface area contributed by atoms with E-state index >= 15 is 0 Å². The fourth-order valence-electron chi connectivity index (χ4n) is 3.03. The van der Waals surface area contributed by atoms with Gasteiger partial charge in [0.2, 0.25) is 5.91 Å². The molecule has 0 aliphatic carbocycles. The summed E-state index contributed by atoms with van der Waals surface area (Å²) in [4.78, 5) is 23.3. The number of amides is 1. The Labute approximate surface area is 153 Å². The molecule has 3 N–H and O–H groups in total. The summed E-state index contributed by atoms with van der Waals surface area (Å²) in [5, 5.41) is 0.951. The lowest BCUT2D eigenvalue weighted by atomic mass is 9.89. The van der Waals surface area contributed by atoms with Crippen LogP contribution in [0.25, 0.3) is 28.2 Å². The van der Waals surface area contributed by atoms with Gasteiger partial charge in [-0.25, -0.2) is 4.98 Å². The van der Waals surface area contributed by atoms with Gasteiger partial charge in [0, 0.05) is 46.4 Å². The number of hydrogen-bond donors (Lipinski definition) is 2. The van der Waals surface area contributed by atoms with E-state index in [0.717, 1.165) is 45.5 Å². The molecule has 134 valence electrons. The first kappa shape index (κ1) is 17.9. The molecule has 5 nitrogen and oxygen atoms in total. The van der Waals surface area contributed by atoms with Crippen LogP contribution in [0.4, 0.5) is 0 Å². The zero-order valence-corrected chi connectivity index (χ0v) is 15.6. The second-order valence-electron chi connectivity index (χ2n) is 7.83. The van der Waals surface area contributed by atoms with Gasteiger partial charge in [-0.15, -0.1) is 0 Å². The van der Waals surface area contributed by atoms with Crippen molar-refractivity contribution in [3.63, 3.8) is 0 Å². The summed E-state index contributed by atoms with van der Waals surface area (Å²) in [5.41, 5.74) is 11.2. The molecule has 3 rings (SSSR count). The van der Waals surface area contributed by atoms with Gasteiger partial charge in [0.25, 0.3) is 0 Å². The Balaban J connectivity index is 2.05. The van der Waals surface area contributed by atoms with Gasteiger partial charge >= 0.3 is 0 Å². The predicted octanol–water partition coefficient (Wildman–Crippen LogP) is 4.02. The van der Waals surface area contributed by atoms with Crippen LogP contribution in [0.5, 0.6) is 0 Å². The minimum absolute atomic E-state index is 0.174. The van der Waals surface area contributed by atoms with Crippen molar-refractivity contribution in [1.82, 2.24) is 15.0 Å². The molecule has 0 atom stereocenters. The van der Waals surface area contributed by atoms with Crippen molar-refractivity contribution in [1.29, 1.82) is 0 Å². The van der Waals surface area contributed by atoms with Crippen molar-refractivity contribution in [3.8, 4) is 11.1 Å². The van der Waals surface area contributed by atoms with Crippen molar-refractivity contribution in [2.75, 3.05) is 0 Å². The van der Waals surface area contributed by atoms with E-state index in [1.54, 1.807) is 6.08 Å². The standard InChI is InChI=1S/C21H24N4O/c1-13-7-15(8-17(25-13)10-21(2,3)4)16-9-18-14(5-6-19(22)26)11-23-20(18)24-12-16/h5-9,11-12H,10H2,1-4H3,(H2,22,26)(H,23,24)/b6-5+. The van der Waals surface area contributed by atoms with Crippen molar-refractivity contribution >= 4 is 23.0 Å². The number of aryl methyl sites for hydroxylation is 1. The zero-order valence-electron chi connectivity index (χ0n) is 15.6. The molecule has 5 heteroatoms. The maximum Gasteiger partial charge on any atom is 0.241 e. The second kappa shape index (κ2) is 6.75. The lowest BCUT2D eigenvalue weighted by Gasteiger charge is -2.18. The molecule has 0 aliphatic heterocycles. The average Bonchev–Trinajstić information content (AvgIpc) is 2.92. The number of aromatic nitrogens is 3. The molecule has 0 aromatic carbocycles. The Morgan fingerprint density at radius 1 is 1.23 bits per heavy atom. The van der Waals surface area contributed by atoms with Crippen LogP contribution in [-0.4, -0.2) is 20.9 Å². The Kier molecular flexibility index (Phi) is 4.64. The third-order valence-corrected chi connectivity index (χ3v) is 4.04. The van der Waals surface area contributed by atoms with Crippen LogP contribution >= 0.6 is 0 Å². The first-order chi connectivity index (χ1) is 12.2. The lowest BCUT2D eigenvalue weighted by Crippen LogP contribution is -2.11. The average molecular weight is 348 g/mol. The molecule has 0 radical (unpaired) electrons. The van der Waals surface area contributed by atoms with Crippen LogP contribution in [-0.2, 0) is 11.2 Å². The summed E-state index contributed by atoms with van der Waals surface area (Å²) in [6.45, 7) is 8.64. The number of nitrogens with two attached hydrogens (primary N) is 1. The molecule has 3 aromatic heterocycles. The molecule has 0 aliphatic rings. The van der Waals surface area contributed by atoms with Gasteiger partial charge in [-0.2, -0.15) is 0 Å². The van der Waals surface area contributed by atoms with Crippen LogP contribution in [0, 0.1) is 12.3 Å². The molecule has 0 unspecified atom stereocenters. The summed E-state index contributed by atoms with van der Waals surface area (Å²) in [5.74, 6) is -0.472. The van der Waals surface area contributed by atoms with Gasteiger partial charge in [-0.05, 0) is 48.6 Å². The van der Waals surface area contributed by atoms with E-state index in [2.05, 4.69) is 53.9 Å². The van der Waals surface area contributed by atoms with E-state index in [4.69, 9.17) is 5.73 Å². The second-order valence-corrected chi connectivity index (χ2v) is 7.83. The molecule has 26 heavy (non-hydrogen) atoms. The van der Waals surface area contributed by atoms with Crippen LogP contribution in [0.1, 0.15) is 37.7 Å². The minimum atomic E-state index is -0.472. The highest BCUT2D eigenvalue weighted by molar-refractivity contribution is 5.95. The summed E-state index contributed by atoms with van der Waals surface area (Å²) in [6, 6.07) is 6.28. The van der Waals surface area contributed by atoms with E-state index in [1.165, 1.54) is 6.08 Å². The van der Waals surface area contributed by atoms with Crippen molar-refractivity contribution < 1.29 is 4.79 Å². The number of fused-ring (bicyclic) bond motifs is 1. The Bertz CT molecular complexity index is 993. The van der Waals surface area contributed by atoms with Gasteiger partial charge in [0.1, 0.15) is 5.65 Å². The van der Waals surface area contributed by atoms with E-state index in [0.29, 0.717) is 0 Å². The Hall–Kier alpha value is -2.95. The molecule has 3 heterocycles. The number of rotatable bonds is 4. The molecule has 0 bridgehead atoms. The van der Waals surface area contributed by atoms with Crippen molar-refractivity contribution in [2.24, 2.45) is 11.1 Å². The highest BCUT2D eigenvalue weighted by Crippen LogP contribution is 2.28. The summed E-state index contributed by atoms with van der Waals surface area (Å²) < 4.78 is 0. The third-order valence-electron chi connectivity index (χ3n) is 4.04. The number of carbonyl (C=O) groups is 1. The normalized spacial score (nSPS) is 12.2. The molecule has 0 fully saturated rings. The Morgan fingerprint density at radius 3 is 2.69 bits per heavy atom. The smallest absolute Gasteiger partial charge is 0.241 e. The van der Waals surface area contributed by atoms with Gasteiger partial charge in [0.05, 0.1) is 0 Å². The maximum atomic E-state index is 11.0. The summed E-state index contributed by atoms with van der Waals surface area (Å²) >= 11 is 0. The first-order valence-corrected chi connectivity index (χ1v) is 8.64. The number of H-pyrrole nitrogens is 1. The van der Waals surface area contributed by atoms with Gasteiger partial charge in [-0.1, -0.05) is 20.8 Å². The van der Waals surface area contributed by atoms with E-state index in [1.807, 2.05) is 19.3 Å². The molecule has 3 aromatic rings. The number of carbonyl (C=O) groups excluding carboxylic acids is 1. The van der Waals surface area contributed by atoms with E-state index < -0.39 is 5.91 Å². The van der Waals surface area contributed by atoms with E-state index in [9.17, 15) is 4.79 Å². The number of primary amides is 1. The highest BCUT2D eigenvalue weighted by atomic mass is 16.1.